The van der Waals surface area contributed by atoms with Crippen molar-refractivity contribution < 1.29 is 4.74 Å². The molecule has 0 aromatic carbocycles. The van der Waals surface area contributed by atoms with E-state index in [9.17, 15) is 0 Å². The van der Waals surface area contributed by atoms with Gasteiger partial charge >= 0.3 is 0 Å². The lowest BCUT2D eigenvalue weighted by molar-refractivity contribution is 0.460. The number of rotatable bonds is 4. The predicted molar refractivity (Wildman–Crippen MR) is 71.3 cm³/mol. The molecule has 94 valence electrons. The number of nitrogens with one attached hydrogen (secondary N) is 1. The largest absolute Gasteiger partial charge is 0.436 e. The molecule has 2 aromatic rings. The third-order valence-electron chi connectivity index (χ3n) is 2.14. The molecule has 6 heteroatoms. The molecule has 2 heterocycles. The quantitative estimate of drug-likeness (QED) is 0.935. The molecule has 0 aliphatic carbocycles. The van der Waals surface area contributed by atoms with Crippen LogP contribution in [0.1, 0.15) is 5.56 Å². The number of aromatic nitrogens is 2. The van der Waals surface area contributed by atoms with E-state index in [1.54, 1.807) is 24.5 Å². The summed E-state index contributed by atoms with van der Waals surface area (Å²) < 4.78 is 5.51. The third kappa shape index (κ3) is 3.32. The van der Waals surface area contributed by atoms with E-state index in [4.69, 9.17) is 27.9 Å². The minimum Gasteiger partial charge on any atom is -0.436 e. The highest BCUT2D eigenvalue weighted by molar-refractivity contribution is 6.32. The van der Waals surface area contributed by atoms with Crippen molar-refractivity contribution in [3.63, 3.8) is 0 Å². The highest BCUT2D eigenvalue weighted by Gasteiger charge is 2.06. The van der Waals surface area contributed by atoms with Gasteiger partial charge in [-0.3, -0.25) is 4.98 Å². The first kappa shape index (κ1) is 13.1. The lowest BCUT2D eigenvalue weighted by Crippen LogP contribution is -2.05. The van der Waals surface area contributed by atoms with Crippen LogP contribution in [0.25, 0.3) is 0 Å². The maximum absolute atomic E-state index is 6.09. The van der Waals surface area contributed by atoms with Crippen LogP contribution in [0.3, 0.4) is 0 Å². The van der Waals surface area contributed by atoms with Gasteiger partial charge in [-0.1, -0.05) is 23.2 Å². The fraction of sp³-hybridized carbons (Fsp3) is 0.167. The lowest BCUT2D eigenvalue weighted by atomic mass is 10.3. The van der Waals surface area contributed by atoms with E-state index >= 15 is 0 Å². The standard InChI is InChI=1S/C12H11Cl2N3O/c1-15-4-8-2-11(14)12(17-5-8)18-10-3-9(13)6-16-7-10/h2-3,5-7,15H,4H2,1H3. The molecule has 0 saturated carbocycles. The maximum atomic E-state index is 6.09. The number of nitrogens with zero attached hydrogens (tertiary/aromatic N) is 2. The van der Waals surface area contributed by atoms with Crippen molar-refractivity contribution >= 4 is 23.2 Å². The van der Waals surface area contributed by atoms with Gasteiger partial charge in [-0.15, -0.1) is 0 Å². The monoisotopic (exact) mass is 283 g/mol. The van der Waals surface area contributed by atoms with Crippen LogP contribution < -0.4 is 10.1 Å². The van der Waals surface area contributed by atoms with Crippen LogP contribution in [0.5, 0.6) is 11.6 Å². The van der Waals surface area contributed by atoms with Crippen LogP contribution in [0.4, 0.5) is 0 Å². The van der Waals surface area contributed by atoms with E-state index < -0.39 is 0 Å². The minimum absolute atomic E-state index is 0.334. The average molecular weight is 284 g/mol. The van der Waals surface area contributed by atoms with Crippen molar-refractivity contribution in [1.29, 1.82) is 0 Å². The zero-order chi connectivity index (χ0) is 13.0. The highest BCUT2D eigenvalue weighted by atomic mass is 35.5. The summed E-state index contributed by atoms with van der Waals surface area (Å²) in [5, 5.41) is 3.96. The van der Waals surface area contributed by atoms with Gasteiger partial charge in [0.2, 0.25) is 5.88 Å². The second kappa shape index (κ2) is 6.00. The fourth-order valence-electron chi connectivity index (χ4n) is 1.40. The highest BCUT2D eigenvalue weighted by Crippen LogP contribution is 2.28. The van der Waals surface area contributed by atoms with Gasteiger partial charge in [0.1, 0.15) is 10.8 Å². The summed E-state index contributed by atoms with van der Waals surface area (Å²) in [6.07, 6.45) is 4.78. The Balaban J connectivity index is 2.19. The summed E-state index contributed by atoms with van der Waals surface area (Å²) in [5.74, 6) is 0.832. The molecule has 0 atom stereocenters. The average Bonchev–Trinajstić information content (AvgIpc) is 2.33. The zero-order valence-corrected chi connectivity index (χ0v) is 11.2. The van der Waals surface area contributed by atoms with Gasteiger partial charge in [-0.05, 0) is 18.7 Å². The predicted octanol–water partition coefficient (Wildman–Crippen LogP) is 3.30. The van der Waals surface area contributed by atoms with Crippen molar-refractivity contribution in [3.05, 3.63) is 46.3 Å². The Labute approximate surface area is 115 Å². The van der Waals surface area contributed by atoms with E-state index in [0.29, 0.717) is 28.2 Å². The van der Waals surface area contributed by atoms with Gasteiger partial charge in [0.15, 0.2) is 0 Å². The van der Waals surface area contributed by atoms with E-state index in [2.05, 4.69) is 15.3 Å². The molecule has 2 aromatic heterocycles. The smallest absolute Gasteiger partial charge is 0.238 e. The van der Waals surface area contributed by atoms with E-state index in [0.717, 1.165) is 5.56 Å². The summed E-state index contributed by atoms with van der Waals surface area (Å²) >= 11 is 11.9. The van der Waals surface area contributed by atoms with Gasteiger partial charge in [0.05, 0.1) is 11.2 Å². The summed E-state index contributed by atoms with van der Waals surface area (Å²) in [6.45, 7) is 0.700. The molecular weight excluding hydrogens is 273 g/mol. The number of halogens is 2. The molecule has 0 aliphatic heterocycles. The molecule has 0 saturated heterocycles. The topological polar surface area (TPSA) is 47.0 Å². The molecule has 0 unspecified atom stereocenters. The first-order valence-corrected chi connectivity index (χ1v) is 6.02. The lowest BCUT2D eigenvalue weighted by Gasteiger charge is -2.07. The van der Waals surface area contributed by atoms with Crippen LogP contribution in [0.2, 0.25) is 10.0 Å². The van der Waals surface area contributed by atoms with Crippen molar-refractivity contribution in [2.24, 2.45) is 0 Å². The van der Waals surface area contributed by atoms with Crippen molar-refractivity contribution in [1.82, 2.24) is 15.3 Å². The Hall–Kier alpha value is -1.36. The molecule has 0 aliphatic rings. The first-order chi connectivity index (χ1) is 8.69. The SMILES string of the molecule is CNCc1cnc(Oc2cncc(Cl)c2)c(Cl)c1. The number of hydrogen-bond donors (Lipinski definition) is 1. The molecule has 0 radical (unpaired) electrons. The minimum atomic E-state index is 0.334. The van der Waals surface area contributed by atoms with Crippen molar-refractivity contribution in [3.8, 4) is 11.6 Å². The van der Waals surface area contributed by atoms with Gasteiger partial charge < -0.3 is 10.1 Å². The Morgan fingerprint density at radius 2 is 2.06 bits per heavy atom. The van der Waals surface area contributed by atoms with Gasteiger partial charge in [-0.2, -0.15) is 0 Å². The van der Waals surface area contributed by atoms with E-state index in [-0.39, 0.29) is 0 Å². The van der Waals surface area contributed by atoms with Crippen LogP contribution in [-0.2, 0) is 6.54 Å². The molecule has 0 amide bonds. The van der Waals surface area contributed by atoms with E-state index in [1.165, 1.54) is 6.20 Å². The summed E-state index contributed by atoms with van der Waals surface area (Å²) in [7, 11) is 1.86. The van der Waals surface area contributed by atoms with Gasteiger partial charge in [-0.25, -0.2) is 4.98 Å². The summed E-state index contributed by atoms with van der Waals surface area (Å²) in [5.41, 5.74) is 0.985. The molecule has 4 nitrogen and oxygen atoms in total. The Kier molecular flexibility index (Phi) is 4.36. The Morgan fingerprint density at radius 3 is 2.72 bits per heavy atom. The zero-order valence-electron chi connectivity index (χ0n) is 9.65. The maximum Gasteiger partial charge on any atom is 0.238 e. The van der Waals surface area contributed by atoms with Gasteiger partial charge in [0, 0.05) is 25.0 Å². The van der Waals surface area contributed by atoms with Crippen LogP contribution in [0, 0.1) is 0 Å². The summed E-state index contributed by atoms with van der Waals surface area (Å²) in [4.78, 5) is 8.08. The molecule has 0 fully saturated rings. The van der Waals surface area contributed by atoms with Crippen LogP contribution in [-0.4, -0.2) is 17.0 Å². The second-order valence-corrected chi connectivity index (χ2v) is 4.45. The summed E-state index contributed by atoms with van der Waals surface area (Å²) in [6, 6.07) is 3.45. The third-order valence-corrected chi connectivity index (χ3v) is 2.62. The molecule has 2 rings (SSSR count). The number of hydrogen-bond acceptors (Lipinski definition) is 4. The molecular formula is C12H11Cl2N3O. The van der Waals surface area contributed by atoms with E-state index in [1.807, 2.05) is 7.05 Å². The normalized spacial score (nSPS) is 10.4. The Bertz CT molecular complexity index is 549. The molecule has 0 spiro atoms. The van der Waals surface area contributed by atoms with Crippen molar-refractivity contribution in [2.75, 3.05) is 7.05 Å². The second-order valence-electron chi connectivity index (χ2n) is 3.60. The molecule has 18 heavy (non-hydrogen) atoms. The fourth-order valence-corrected chi connectivity index (χ4v) is 1.79. The van der Waals surface area contributed by atoms with Crippen LogP contribution in [0.15, 0.2) is 30.7 Å². The first-order valence-electron chi connectivity index (χ1n) is 5.26. The Morgan fingerprint density at radius 1 is 1.22 bits per heavy atom. The van der Waals surface area contributed by atoms with Crippen LogP contribution >= 0.6 is 23.2 Å². The van der Waals surface area contributed by atoms with Crippen molar-refractivity contribution in [2.45, 2.75) is 6.54 Å². The number of ether oxygens (including phenoxy) is 1. The number of pyridine rings is 2. The van der Waals surface area contributed by atoms with Gasteiger partial charge in [0.25, 0.3) is 0 Å². The molecule has 0 bridgehead atoms. The molecule has 1 N–H and O–H groups in total.